The van der Waals surface area contributed by atoms with E-state index >= 15 is 0 Å². The van der Waals surface area contributed by atoms with Crippen LogP contribution in [-0.2, 0) is 4.79 Å². The van der Waals surface area contributed by atoms with E-state index in [0.717, 1.165) is 0 Å². The number of hydrogen-bond donors (Lipinski definition) is 2. The van der Waals surface area contributed by atoms with Crippen LogP contribution in [-0.4, -0.2) is 58.1 Å². The number of aromatic nitrogens is 1. The van der Waals surface area contributed by atoms with E-state index in [-0.39, 0.29) is 29.9 Å². The molecule has 0 aromatic carbocycles. The van der Waals surface area contributed by atoms with Crippen molar-refractivity contribution >= 4 is 17.8 Å². The Morgan fingerprint density at radius 3 is 2.62 bits per heavy atom. The van der Waals surface area contributed by atoms with Crippen LogP contribution >= 0.6 is 0 Å². The highest BCUT2D eigenvalue weighted by atomic mass is 19.4. The van der Waals surface area contributed by atoms with Crippen molar-refractivity contribution < 1.29 is 32.7 Å². The number of aromatic carboxylic acids is 1. The lowest BCUT2D eigenvalue weighted by Gasteiger charge is -2.18. The number of hydrogen-bond acceptors (Lipinski definition) is 4. The highest BCUT2D eigenvalue weighted by Gasteiger charge is 2.39. The summed E-state index contributed by atoms with van der Waals surface area (Å²) in [5.41, 5.74) is -0.0639. The Morgan fingerprint density at radius 1 is 1.42 bits per heavy atom. The maximum atomic E-state index is 12.3. The minimum absolute atomic E-state index is 0.0623. The zero-order valence-corrected chi connectivity index (χ0v) is 12.6. The summed E-state index contributed by atoms with van der Waals surface area (Å²) in [4.78, 5) is 39.3. The van der Waals surface area contributed by atoms with Crippen LogP contribution in [0.5, 0.6) is 0 Å². The van der Waals surface area contributed by atoms with E-state index in [1.807, 2.05) is 0 Å². The SMILES string of the molecule is Cc1nc(C(=O)NC2CCN(CC(F)(F)F)C2=O)ccc1C(=O)O. The molecule has 1 aromatic rings. The van der Waals surface area contributed by atoms with Crippen LogP contribution in [0.2, 0.25) is 0 Å². The monoisotopic (exact) mass is 345 g/mol. The first-order chi connectivity index (χ1) is 11.1. The van der Waals surface area contributed by atoms with Crippen LogP contribution in [0.4, 0.5) is 13.2 Å². The predicted molar refractivity (Wildman–Crippen MR) is 74.4 cm³/mol. The third kappa shape index (κ3) is 4.00. The Morgan fingerprint density at radius 2 is 2.08 bits per heavy atom. The molecule has 0 spiro atoms. The van der Waals surface area contributed by atoms with Gasteiger partial charge >= 0.3 is 12.1 Å². The van der Waals surface area contributed by atoms with Crippen molar-refractivity contribution in [1.82, 2.24) is 15.2 Å². The molecule has 0 saturated carbocycles. The third-order valence-corrected chi connectivity index (χ3v) is 3.52. The van der Waals surface area contributed by atoms with Gasteiger partial charge in [-0.15, -0.1) is 0 Å². The number of pyridine rings is 1. The Hall–Kier alpha value is -2.65. The van der Waals surface area contributed by atoms with Crippen molar-refractivity contribution in [1.29, 1.82) is 0 Å². The minimum Gasteiger partial charge on any atom is -0.478 e. The average Bonchev–Trinajstić information content (AvgIpc) is 2.78. The predicted octanol–water partition coefficient (Wildman–Crippen LogP) is 0.981. The van der Waals surface area contributed by atoms with Crippen molar-refractivity contribution in [3.63, 3.8) is 0 Å². The molecule has 24 heavy (non-hydrogen) atoms. The number of aryl methyl sites for hydroxylation is 1. The van der Waals surface area contributed by atoms with Gasteiger partial charge in [0.1, 0.15) is 18.3 Å². The van der Waals surface area contributed by atoms with Crippen LogP contribution < -0.4 is 5.32 Å². The van der Waals surface area contributed by atoms with Gasteiger partial charge in [0.2, 0.25) is 5.91 Å². The molecule has 2 heterocycles. The number of likely N-dealkylation sites (tertiary alicyclic amines) is 1. The second kappa shape index (κ2) is 6.46. The zero-order valence-electron chi connectivity index (χ0n) is 12.6. The first kappa shape index (κ1) is 17.7. The second-order valence-electron chi connectivity index (χ2n) is 5.32. The number of nitrogens with one attached hydrogen (secondary N) is 1. The number of rotatable bonds is 4. The summed E-state index contributed by atoms with van der Waals surface area (Å²) in [5, 5.41) is 11.2. The molecule has 2 amide bonds. The molecule has 1 atom stereocenters. The van der Waals surface area contributed by atoms with Gasteiger partial charge in [-0.2, -0.15) is 13.2 Å². The molecular weight excluding hydrogens is 331 g/mol. The average molecular weight is 345 g/mol. The van der Waals surface area contributed by atoms with E-state index in [1.165, 1.54) is 19.1 Å². The smallest absolute Gasteiger partial charge is 0.406 e. The molecule has 0 radical (unpaired) electrons. The number of carboxylic acids is 1. The summed E-state index contributed by atoms with van der Waals surface area (Å²) in [6.07, 6.45) is -4.44. The summed E-state index contributed by atoms with van der Waals surface area (Å²) >= 11 is 0. The van der Waals surface area contributed by atoms with E-state index in [4.69, 9.17) is 5.11 Å². The maximum absolute atomic E-state index is 12.3. The highest BCUT2D eigenvalue weighted by molar-refractivity contribution is 5.97. The fourth-order valence-electron chi connectivity index (χ4n) is 2.39. The molecule has 0 aliphatic carbocycles. The van der Waals surface area contributed by atoms with E-state index < -0.39 is 36.5 Å². The van der Waals surface area contributed by atoms with E-state index in [2.05, 4.69) is 10.3 Å². The van der Waals surface area contributed by atoms with Gasteiger partial charge in [0, 0.05) is 6.54 Å². The van der Waals surface area contributed by atoms with Crippen LogP contribution in [0.3, 0.4) is 0 Å². The van der Waals surface area contributed by atoms with E-state index in [0.29, 0.717) is 4.90 Å². The maximum Gasteiger partial charge on any atom is 0.406 e. The van der Waals surface area contributed by atoms with E-state index in [1.54, 1.807) is 0 Å². The molecule has 2 N–H and O–H groups in total. The lowest BCUT2D eigenvalue weighted by atomic mass is 10.1. The van der Waals surface area contributed by atoms with Gasteiger partial charge in [-0.1, -0.05) is 0 Å². The fraction of sp³-hybridized carbons (Fsp3) is 0.429. The summed E-state index contributed by atoms with van der Waals surface area (Å²) in [6, 6.07) is 1.33. The summed E-state index contributed by atoms with van der Waals surface area (Å²) in [7, 11) is 0. The van der Waals surface area contributed by atoms with Crippen molar-refractivity contribution in [2.75, 3.05) is 13.1 Å². The molecule has 1 aromatic heterocycles. The number of alkyl halides is 3. The first-order valence-corrected chi connectivity index (χ1v) is 6.96. The normalized spacial score (nSPS) is 17.9. The van der Waals surface area contributed by atoms with Crippen LogP contribution in [0.15, 0.2) is 12.1 Å². The molecule has 1 aliphatic rings. The first-order valence-electron chi connectivity index (χ1n) is 6.96. The van der Waals surface area contributed by atoms with Gasteiger partial charge in [-0.05, 0) is 25.5 Å². The molecule has 0 bridgehead atoms. The molecule has 1 unspecified atom stereocenters. The molecule has 10 heteroatoms. The van der Waals surface area contributed by atoms with Gasteiger partial charge < -0.3 is 15.3 Å². The molecule has 2 rings (SSSR count). The Labute approximate surface area is 134 Å². The van der Waals surface area contributed by atoms with Crippen LogP contribution in [0.25, 0.3) is 0 Å². The van der Waals surface area contributed by atoms with Gasteiger partial charge in [0.05, 0.1) is 11.3 Å². The minimum atomic E-state index is -4.50. The number of amides is 2. The van der Waals surface area contributed by atoms with Crippen LogP contribution in [0, 0.1) is 6.92 Å². The Bertz CT molecular complexity index is 690. The molecule has 1 aliphatic heterocycles. The van der Waals surface area contributed by atoms with Crippen molar-refractivity contribution in [3.05, 3.63) is 29.1 Å². The lowest BCUT2D eigenvalue weighted by Crippen LogP contribution is -2.44. The number of carboxylic acid groups (broad SMARTS) is 1. The number of carbonyl (C=O) groups is 3. The quantitative estimate of drug-likeness (QED) is 0.847. The number of nitrogens with zero attached hydrogens (tertiary/aromatic N) is 2. The summed E-state index contributed by atoms with van der Waals surface area (Å²) in [5.74, 6) is -2.75. The van der Waals surface area contributed by atoms with Gasteiger partial charge in [0.25, 0.3) is 5.91 Å². The van der Waals surface area contributed by atoms with Crippen LogP contribution in [0.1, 0.15) is 33.0 Å². The second-order valence-corrected chi connectivity index (χ2v) is 5.32. The molecule has 1 saturated heterocycles. The van der Waals surface area contributed by atoms with Crippen molar-refractivity contribution in [2.45, 2.75) is 25.6 Å². The number of carbonyl (C=O) groups excluding carboxylic acids is 2. The van der Waals surface area contributed by atoms with Crippen molar-refractivity contribution in [3.8, 4) is 0 Å². The van der Waals surface area contributed by atoms with Gasteiger partial charge in [0.15, 0.2) is 0 Å². The molecule has 7 nitrogen and oxygen atoms in total. The highest BCUT2D eigenvalue weighted by Crippen LogP contribution is 2.21. The Balaban J connectivity index is 2.04. The summed E-state index contributed by atoms with van der Waals surface area (Å²) in [6.45, 7) is -0.0530. The largest absolute Gasteiger partial charge is 0.478 e. The van der Waals surface area contributed by atoms with Crippen molar-refractivity contribution in [2.24, 2.45) is 0 Å². The topological polar surface area (TPSA) is 99.6 Å². The zero-order chi connectivity index (χ0) is 18.1. The Kier molecular flexibility index (Phi) is 4.76. The third-order valence-electron chi connectivity index (χ3n) is 3.52. The van der Waals surface area contributed by atoms with Gasteiger partial charge in [-0.3, -0.25) is 9.59 Å². The standard InChI is InChI=1S/C14H14F3N3O4/c1-7-8(13(23)24)2-3-9(18-7)11(21)19-10-4-5-20(12(10)22)6-14(15,16)17/h2-3,10H,4-6H2,1H3,(H,19,21)(H,23,24). The van der Waals surface area contributed by atoms with Gasteiger partial charge in [-0.25, -0.2) is 9.78 Å². The summed E-state index contributed by atoms with van der Waals surface area (Å²) < 4.78 is 37.0. The molecule has 1 fully saturated rings. The molecular formula is C14H14F3N3O4. The number of halogens is 3. The molecule has 130 valence electrons. The fourth-order valence-corrected chi connectivity index (χ4v) is 2.39. The van der Waals surface area contributed by atoms with E-state index in [9.17, 15) is 27.6 Å². The lowest BCUT2D eigenvalue weighted by molar-refractivity contribution is -0.157.